The first-order valence-corrected chi connectivity index (χ1v) is 8.92. The van der Waals surface area contributed by atoms with E-state index in [1.54, 1.807) is 42.0 Å². The Labute approximate surface area is 138 Å². The molecule has 0 fully saturated rings. The van der Waals surface area contributed by atoms with Crippen molar-refractivity contribution in [2.24, 2.45) is 0 Å². The molecule has 0 bridgehead atoms. The van der Waals surface area contributed by atoms with Crippen LogP contribution in [-0.4, -0.2) is 39.2 Å². The van der Waals surface area contributed by atoms with E-state index in [0.29, 0.717) is 27.7 Å². The average molecular weight is 347 g/mol. The van der Waals surface area contributed by atoms with E-state index in [9.17, 15) is 8.42 Å². The smallest absolute Gasteiger partial charge is 0.177 e. The summed E-state index contributed by atoms with van der Waals surface area (Å²) >= 11 is 4.99. The molecule has 0 radical (unpaired) electrons. The molecule has 0 atom stereocenters. The van der Waals surface area contributed by atoms with Crippen LogP contribution in [0.3, 0.4) is 0 Å². The third-order valence-electron chi connectivity index (χ3n) is 3.06. The lowest BCUT2D eigenvalue weighted by atomic mass is 10.2. The second-order valence-corrected chi connectivity index (χ2v) is 7.64. The molecule has 118 valence electrons. The molecule has 0 aliphatic heterocycles. The predicted octanol–water partition coefficient (Wildman–Crippen LogP) is 1.95. The van der Waals surface area contributed by atoms with Gasteiger partial charge in [0.1, 0.15) is 0 Å². The van der Waals surface area contributed by atoms with Crippen molar-refractivity contribution < 1.29 is 8.42 Å². The van der Waals surface area contributed by atoms with Crippen molar-refractivity contribution in [2.45, 2.75) is 11.8 Å². The van der Waals surface area contributed by atoms with Crippen molar-refractivity contribution >= 4 is 38.5 Å². The van der Waals surface area contributed by atoms with Gasteiger partial charge < -0.3 is 5.32 Å². The molecule has 0 aromatic carbocycles. The van der Waals surface area contributed by atoms with Crippen LogP contribution >= 0.6 is 12.2 Å². The Morgan fingerprint density at radius 1 is 1.30 bits per heavy atom. The summed E-state index contributed by atoms with van der Waals surface area (Å²) in [5.41, 5.74) is 1.86. The van der Waals surface area contributed by atoms with Gasteiger partial charge in [-0.05, 0) is 25.1 Å². The van der Waals surface area contributed by atoms with Crippen LogP contribution in [0.2, 0.25) is 0 Å². The lowest BCUT2D eigenvalue weighted by Gasteiger charge is -2.03. The summed E-state index contributed by atoms with van der Waals surface area (Å²) in [6, 6.07) is 5.10. The zero-order chi connectivity index (χ0) is 16.6. The summed E-state index contributed by atoms with van der Waals surface area (Å²) in [5.74, 6) is 0.602. The monoisotopic (exact) mass is 347 g/mol. The lowest BCUT2D eigenvalue weighted by molar-refractivity contribution is 0.601. The highest BCUT2D eigenvalue weighted by molar-refractivity contribution is 7.90. The van der Waals surface area contributed by atoms with Crippen LogP contribution in [0.15, 0.2) is 41.7 Å². The summed E-state index contributed by atoms with van der Waals surface area (Å²) in [5, 5.41) is 7.38. The van der Waals surface area contributed by atoms with E-state index < -0.39 is 9.84 Å². The number of aromatic nitrogens is 4. The van der Waals surface area contributed by atoms with Crippen LogP contribution < -0.4 is 5.32 Å². The zero-order valence-electron chi connectivity index (χ0n) is 12.4. The number of pyridine rings is 1. The quantitative estimate of drug-likeness (QED) is 0.724. The number of rotatable bonds is 3. The molecule has 23 heavy (non-hydrogen) atoms. The molecule has 3 heterocycles. The highest BCUT2D eigenvalue weighted by Gasteiger charge is 2.11. The molecule has 0 spiro atoms. The number of nitrogens with one attached hydrogen (secondary N) is 1. The molecule has 7 nitrogen and oxygen atoms in total. The Balaban J connectivity index is 2.05. The Hall–Kier alpha value is -2.39. The maximum absolute atomic E-state index is 11.6. The largest absolute Gasteiger partial charge is 0.334 e. The highest BCUT2D eigenvalue weighted by Crippen LogP contribution is 2.20. The molecule has 0 aliphatic carbocycles. The Morgan fingerprint density at radius 2 is 2.09 bits per heavy atom. The van der Waals surface area contributed by atoms with E-state index in [0.717, 1.165) is 6.26 Å². The number of fused-ring (bicyclic) bond motifs is 1. The minimum Gasteiger partial charge on any atom is -0.334 e. The first-order chi connectivity index (χ1) is 10.8. The van der Waals surface area contributed by atoms with E-state index in [2.05, 4.69) is 20.4 Å². The van der Waals surface area contributed by atoms with Crippen LogP contribution in [0.1, 0.15) is 6.92 Å². The first-order valence-electron chi connectivity index (χ1n) is 6.62. The molecule has 0 aliphatic rings. The standard InChI is InChI=1S/C14H13N5O2S2/c1-9(22)16-13-8-19-14(17-13)4-3-12(18-19)10-5-11(7-15-6-10)23(2,20)21/h3-8H,1-2H3,(H,16,22). The van der Waals surface area contributed by atoms with E-state index in [1.165, 1.54) is 6.20 Å². The topological polar surface area (TPSA) is 89.2 Å². The van der Waals surface area contributed by atoms with Gasteiger partial charge >= 0.3 is 0 Å². The fraction of sp³-hybridized carbons (Fsp3) is 0.143. The fourth-order valence-corrected chi connectivity index (χ4v) is 2.74. The number of thiocarbonyl (C=S) groups is 1. The normalized spacial score (nSPS) is 11.6. The van der Waals surface area contributed by atoms with E-state index in [4.69, 9.17) is 12.2 Å². The zero-order valence-corrected chi connectivity index (χ0v) is 14.0. The van der Waals surface area contributed by atoms with Gasteiger partial charge in [-0.2, -0.15) is 5.10 Å². The summed E-state index contributed by atoms with van der Waals surface area (Å²) in [6.07, 6.45) is 5.74. The number of imidazole rings is 1. The number of nitrogens with zero attached hydrogens (tertiary/aromatic N) is 4. The molecule has 0 amide bonds. The Morgan fingerprint density at radius 3 is 2.78 bits per heavy atom. The number of sulfone groups is 1. The molecule has 0 unspecified atom stereocenters. The van der Waals surface area contributed by atoms with Crippen LogP contribution in [-0.2, 0) is 9.84 Å². The molecule has 0 saturated heterocycles. The molecule has 3 aromatic rings. The maximum atomic E-state index is 11.6. The predicted molar refractivity (Wildman–Crippen MR) is 91.2 cm³/mol. The average Bonchev–Trinajstić information content (AvgIpc) is 2.86. The molecule has 3 rings (SSSR count). The summed E-state index contributed by atoms with van der Waals surface area (Å²) in [7, 11) is -3.32. The van der Waals surface area contributed by atoms with Gasteiger partial charge in [0.2, 0.25) is 0 Å². The molecular weight excluding hydrogens is 334 g/mol. The van der Waals surface area contributed by atoms with Gasteiger partial charge in [-0.25, -0.2) is 17.9 Å². The Kier molecular flexibility index (Phi) is 3.82. The highest BCUT2D eigenvalue weighted by atomic mass is 32.2. The number of hydrogen-bond donors (Lipinski definition) is 1. The van der Waals surface area contributed by atoms with E-state index in [1.807, 2.05) is 0 Å². The molecule has 9 heteroatoms. The van der Waals surface area contributed by atoms with Crippen molar-refractivity contribution in [3.63, 3.8) is 0 Å². The minimum atomic E-state index is -3.32. The van der Waals surface area contributed by atoms with Gasteiger partial charge in [0.25, 0.3) is 0 Å². The van der Waals surface area contributed by atoms with Crippen molar-refractivity contribution in [3.8, 4) is 11.3 Å². The first kappa shape index (κ1) is 15.5. The lowest BCUT2D eigenvalue weighted by Crippen LogP contribution is -2.03. The molecule has 1 N–H and O–H groups in total. The SMILES string of the molecule is CC(=S)Nc1cn2nc(-c3cncc(S(C)(=O)=O)c3)ccc2n1. The number of anilines is 1. The van der Waals surface area contributed by atoms with Crippen molar-refractivity contribution in [1.29, 1.82) is 0 Å². The molecular formula is C14H13N5O2S2. The fourth-order valence-electron chi connectivity index (χ4n) is 2.04. The molecule has 0 saturated carbocycles. The third kappa shape index (κ3) is 3.35. The maximum Gasteiger partial charge on any atom is 0.177 e. The van der Waals surface area contributed by atoms with Gasteiger partial charge in [0.15, 0.2) is 21.3 Å². The van der Waals surface area contributed by atoms with Gasteiger partial charge in [0.05, 0.1) is 21.8 Å². The van der Waals surface area contributed by atoms with Gasteiger partial charge in [-0.1, -0.05) is 12.2 Å². The summed E-state index contributed by atoms with van der Waals surface area (Å²) in [4.78, 5) is 9.08. The second kappa shape index (κ2) is 5.67. The van der Waals surface area contributed by atoms with Crippen LogP contribution in [0, 0.1) is 0 Å². The van der Waals surface area contributed by atoms with Crippen molar-refractivity contribution in [3.05, 3.63) is 36.8 Å². The van der Waals surface area contributed by atoms with Crippen LogP contribution in [0.5, 0.6) is 0 Å². The van der Waals surface area contributed by atoms with Crippen molar-refractivity contribution in [2.75, 3.05) is 11.6 Å². The van der Waals surface area contributed by atoms with E-state index in [-0.39, 0.29) is 4.90 Å². The molecule has 3 aromatic heterocycles. The van der Waals surface area contributed by atoms with E-state index >= 15 is 0 Å². The second-order valence-electron chi connectivity index (χ2n) is 5.01. The number of hydrogen-bond acceptors (Lipinski definition) is 6. The van der Waals surface area contributed by atoms with Gasteiger partial charge in [0, 0.05) is 24.2 Å². The van der Waals surface area contributed by atoms with Gasteiger partial charge in [-0.15, -0.1) is 0 Å². The summed E-state index contributed by atoms with van der Waals surface area (Å²) < 4.78 is 24.9. The van der Waals surface area contributed by atoms with Crippen LogP contribution in [0.25, 0.3) is 16.9 Å². The Bertz CT molecular complexity index is 1010. The van der Waals surface area contributed by atoms with Crippen molar-refractivity contribution in [1.82, 2.24) is 19.6 Å². The third-order valence-corrected chi connectivity index (χ3v) is 4.24. The van der Waals surface area contributed by atoms with Gasteiger partial charge in [-0.3, -0.25) is 4.98 Å². The van der Waals surface area contributed by atoms with Crippen LogP contribution in [0.4, 0.5) is 5.82 Å². The minimum absolute atomic E-state index is 0.154. The summed E-state index contributed by atoms with van der Waals surface area (Å²) in [6.45, 7) is 1.76.